The molecule has 2 aromatic rings. The smallest absolute Gasteiger partial charge is 0.255 e. The molecule has 184 valence electrons. The zero-order valence-corrected chi connectivity index (χ0v) is 20.6. The minimum atomic E-state index is -4.04. The molecule has 34 heavy (non-hydrogen) atoms. The van der Waals surface area contributed by atoms with Gasteiger partial charge in [0.05, 0.1) is 21.2 Å². The fraction of sp³-hybridized carbons (Fsp3) is 0.435. The number of nitrogens with one attached hydrogen (secondary N) is 1. The first-order valence-corrected chi connectivity index (χ1v) is 12.7. The van der Waals surface area contributed by atoms with Crippen LogP contribution in [0.3, 0.4) is 0 Å². The van der Waals surface area contributed by atoms with E-state index in [4.69, 9.17) is 11.6 Å². The minimum absolute atomic E-state index is 0.0174. The van der Waals surface area contributed by atoms with Crippen LogP contribution in [0.5, 0.6) is 5.75 Å². The summed E-state index contributed by atoms with van der Waals surface area (Å²) in [7, 11) is -4.04. The summed E-state index contributed by atoms with van der Waals surface area (Å²) in [4.78, 5) is 16.1. The molecule has 1 amide bonds. The molecule has 0 aromatic heterocycles. The largest absolute Gasteiger partial charge is 0.503 e. The molecule has 2 saturated heterocycles. The lowest BCUT2D eigenvalue weighted by Gasteiger charge is -2.42. The predicted octanol–water partition coefficient (Wildman–Crippen LogP) is 3.89. The summed E-state index contributed by atoms with van der Waals surface area (Å²) in [5.74, 6) is -2.56. The number of sulfonamides is 1. The predicted molar refractivity (Wildman–Crippen MR) is 125 cm³/mol. The van der Waals surface area contributed by atoms with Gasteiger partial charge in [-0.3, -0.25) is 4.79 Å². The Labute approximate surface area is 202 Å². The summed E-state index contributed by atoms with van der Waals surface area (Å²) in [6.45, 7) is 5.55. The first kappa shape index (κ1) is 24.7. The van der Waals surface area contributed by atoms with Crippen molar-refractivity contribution < 1.29 is 27.1 Å². The van der Waals surface area contributed by atoms with Gasteiger partial charge in [0.1, 0.15) is 5.82 Å². The van der Waals surface area contributed by atoms with Crippen LogP contribution in [-0.4, -0.2) is 55.0 Å². The molecular weight excluding hydrogens is 488 g/mol. The number of rotatable bonds is 4. The van der Waals surface area contributed by atoms with Crippen LogP contribution in [0, 0.1) is 11.6 Å². The molecular formula is C23H26ClF2N3O4S. The van der Waals surface area contributed by atoms with Gasteiger partial charge in [0.25, 0.3) is 5.91 Å². The van der Waals surface area contributed by atoms with E-state index < -0.39 is 32.9 Å². The van der Waals surface area contributed by atoms with Crippen molar-refractivity contribution in [3.8, 4) is 5.75 Å². The van der Waals surface area contributed by atoms with Crippen molar-refractivity contribution in [2.24, 2.45) is 0 Å². The van der Waals surface area contributed by atoms with Crippen LogP contribution in [0.4, 0.5) is 14.5 Å². The summed E-state index contributed by atoms with van der Waals surface area (Å²) >= 11 is 6.07. The second-order valence-electron chi connectivity index (χ2n) is 9.75. The number of phenols is 1. The molecule has 0 aliphatic carbocycles. The molecule has 2 atom stereocenters. The molecule has 4 rings (SSSR count). The Kier molecular flexibility index (Phi) is 6.28. The lowest BCUT2D eigenvalue weighted by molar-refractivity contribution is 0.0718. The molecule has 2 N–H and O–H groups in total. The number of carbonyl (C=O) groups excluding carboxylic acids is 1. The number of benzene rings is 2. The minimum Gasteiger partial charge on any atom is -0.503 e. The van der Waals surface area contributed by atoms with E-state index in [1.54, 1.807) is 30.6 Å². The first-order chi connectivity index (χ1) is 15.8. The highest BCUT2D eigenvalue weighted by Gasteiger charge is 2.43. The van der Waals surface area contributed by atoms with E-state index in [2.05, 4.69) is 4.72 Å². The SMILES string of the molecule is CC(C)(C)NS(=O)(=O)c1cc(F)c(O)c(N2C3CCC2CN(C(=O)c2ccc(F)cc2Cl)C3)c1. The lowest BCUT2D eigenvalue weighted by atomic mass is 10.1. The van der Waals surface area contributed by atoms with E-state index in [9.17, 15) is 27.1 Å². The van der Waals surface area contributed by atoms with E-state index in [0.29, 0.717) is 12.8 Å². The lowest BCUT2D eigenvalue weighted by Crippen LogP contribution is -2.55. The number of anilines is 1. The maximum absolute atomic E-state index is 14.7. The first-order valence-electron chi connectivity index (χ1n) is 10.9. The average molecular weight is 514 g/mol. The van der Waals surface area contributed by atoms with Gasteiger partial charge < -0.3 is 14.9 Å². The Morgan fingerprint density at radius 3 is 2.29 bits per heavy atom. The van der Waals surface area contributed by atoms with Gasteiger partial charge >= 0.3 is 0 Å². The van der Waals surface area contributed by atoms with Crippen LogP contribution in [0.2, 0.25) is 5.02 Å². The summed E-state index contributed by atoms with van der Waals surface area (Å²) in [6.07, 6.45) is 1.34. The average Bonchev–Trinajstić information content (AvgIpc) is 2.96. The van der Waals surface area contributed by atoms with E-state index in [1.165, 1.54) is 18.2 Å². The molecule has 2 aliphatic rings. The third-order valence-corrected chi connectivity index (χ3v) is 8.03. The van der Waals surface area contributed by atoms with Crippen LogP contribution >= 0.6 is 11.6 Å². The molecule has 2 heterocycles. The molecule has 2 fully saturated rings. The zero-order valence-electron chi connectivity index (χ0n) is 19.0. The third-order valence-electron chi connectivity index (χ3n) is 5.98. The van der Waals surface area contributed by atoms with Crippen LogP contribution in [0.1, 0.15) is 44.0 Å². The highest BCUT2D eigenvalue weighted by atomic mass is 35.5. The van der Waals surface area contributed by atoms with Crippen molar-refractivity contribution in [1.82, 2.24) is 9.62 Å². The molecule has 2 aliphatic heterocycles. The van der Waals surface area contributed by atoms with Crippen LogP contribution in [0.25, 0.3) is 0 Å². The maximum Gasteiger partial charge on any atom is 0.255 e. The van der Waals surface area contributed by atoms with Crippen LogP contribution in [0.15, 0.2) is 35.2 Å². The number of fused-ring (bicyclic) bond motifs is 2. The van der Waals surface area contributed by atoms with Gasteiger partial charge in [-0.15, -0.1) is 0 Å². The molecule has 7 nitrogen and oxygen atoms in total. The van der Waals surface area contributed by atoms with Crippen LogP contribution in [-0.2, 0) is 10.0 Å². The molecule has 2 unspecified atom stereocenters. The van der Waals surface area contributed by atoms with E-state index >= 15 is 0 Å². The molecule has 2 bridgehead atoms. The fourth-order valence-corrected chi connectivity index (χ4v) is 6.37. The molecule has 0 radical (unpaired) electrons. The van der Waals surface area contributed by atoms with Crippen LogP contribution < -0.4 is 9.62 Å². The highest BCUT2D eigenvalue weighted by Crippen LogP contribution is 2.42. The van der Waals surface area contributed by atoms with Crippen molar-refractivity contribution in [2.45, 2.75) is 56.1 Å². The van der Waals surface area contributed by atoms with Gasteiger partial charge in [0, 0.05) is 30.7 Å². The normalized spacial score (nSPS) is 20.6. The van der Waals surface area contributed by atoms with E-state index in [0.717, 1.165) is 12.1 Å². The van der Waals surface area contributed by atoms with Gasteiger partial charge in [-0.05, 0) is 63.9 Å². The molecule has 0 spiro atoms. The molecule has 11 heteroatoms. The number of carbonyl (C=O) groups is 1. The monoisotopic (exact) mass is 513 g/mol. The second-order valence-corrected chi connectivity index (χ2v) is 11.8. The number of halogens is 3. The quantitative estimate of drug-likeness (QED) is 0.647. The second kappa shape index (κ2) is 8.66. The number of phenolic OH excluding ortho intramolecular Hbond substituents is 1. The highest BCUT2D eigenvalue weighted by molar-refractivity contribution is 7.89. The van der Waals surface area contributed by atoms with E-state index in [-0.39, 0.29) is 52.2 Å². The zero-order chi connectivity index (χ0) is 25.0. The van der Waals surface area contributed by atoms with Gasteiger partial charge in [0.2, 0.25) is 10.0 Å². The van der Waals surface area contributed by atoms with Crippen molar-refractivity contribution in [2.75, 3.05) is 18.0 Å². The topological polar surface area (TPSA) is 89.9 Å². The number of nitrogens with zero attached hydrogens (tertiary/aromatic N) is 2. The van der Waals surface area contributed by atoms with Gasteiger partial charge in [0.15, 0.2) is 11.6 Å². The standard InChI is InChI=1S/C23H26ClF2N3O4S/c1-23(2,3)27-34(32,33)16-9-19(26)21(30)20(10-16)29-14-5-6-15(29)12-28(11-14)22(31)17-7-4-13(25)8-18(17)24/h4,7-10,14-15,27,30H,5-6,11-12H2,1-3H3. The molecule has 2 aromatic carbocycles. The number of likely N-dealkylation sites (tertiary alicyclic amines) is 1. The Morgan fingerprint density at radius 1 is 1.12 bits per heavy atom. The van der Waals surface area contributed by atoms with Crippen molar-refractivity contribution in [3.05, 3.63) is 52.6 Å². The van der Waals surface area contributed by atoms with Crippen molar-refractivity contribution in [3.63, 3.8) is 0 Å². The fourth-order valence-electron chi connectivity index (χ4n) is 4.67. The Bertz CT molecular complexity index is 1240. The molecule has 0 saturated carbocycles. The van der Waals surface area contributed by atoms with E-state index in [1.807, 2.05) is 0 Å². The van der Waals surface area contributed by atoms with Gasteiger partial charge in [-0.1, -0.05) is 11.6 Å². The number of amides is 1. The van der Waals surface area contributed by atoms with Crippen molar-refractivity contribution >= 4 is 33.2 Å². The number of piperazine rings is 1. The number of hydrogen-bond acceptors (Lipinski definition) is 5. The number of aromatic hydroxyl groups is 1. The Balaban J connectivity index is 1.64. The Hall–Kier alpha value is -2.43. The van der Waals surface area contributed by atoms with Gasteiger partial charge in [-0.25, -0.2) is 21.9 Å². The summed E-state index contributed by atoms with van der Waals surface area (Å²) < 4.78 is 56.2. The summed E-state index contributed by atoms with van der Waals surface area (Å²) in [6, 6.07) is 5.13. The van der Waals surface area contributed by atoms with Crippen molar-refractivity contribution in [1.29, 1.82) is 0 Å². The number of hydrogen-bond donors (Lipinski definition) is 2. The summed E-state index contributed by atoms with van der Waals surface area (Å²) in [5.41, 5.74) is -0.514. The maximum atomic E-state index is 14.7. The summed E-state index contributed by atoms with van der Waals surface area (Å²) in [5, 5.41) is 10.5. The Morgan fingerprint density at radius 2 is 1.74 bits per heavy atom. The third kappa shape index (κ3) is 4.71. The van der Waals surface area contributed by atoms with Gasteiger partial charge in [-0.2, -0.15) is 0 Å².